The van der Waals surface area contributed by atoms with Crippen LogP contribution in [0.2, 0.25) is 0 Å². The molecule has 2 heterocycles. The van der Waals surface area contributed by atoms with Gasteiger partial charge in [0.15, 0.2) is 0 Å². The quantitative estimate of drug-likeness (QED) is 0.893. The highest BCUT2D eigenvalue weighted by molar-refractivity contribution is 5.80. The smallest absolute Gasteiger partial charge is 0.134 e. The molecule has 1 unspecified atom stereocenters. The molecule has 1 saturated heterocycles. The highest BCUT2D eigenvalue weighted by Gasteiger charge is 2.22. The molecule has 2 aromatic rings. The first kappa shape index (κ1) is 12.7. The predicted molar refractivity (Wildman–Crippen MR) is 78.2 cm³/mol. The van der Waals surface area contributed by atoms with E-state index < -0.39 is 0 Å². The zero-order chi connectivity index (χ0) is 13.1. The molecule has 0 aliphatic carbocycles. The van der Waals surface area contributed by atoms with Gasteiger partial charge in [-0.3, -0.25) is 4.90 Å². The van der Waals surface area contributed by atoms with Gasteiger partial charge in [0.25, 0.3) is 0 Å². The highest BCUT2D eigenvalue weighted by Crippen LogP contribution is 2.23. The lowest BCUT2D eigenvalue weighted by molar-refractivity contribution is 0.199. The predicted octanol–water partition coefficient (Wildman–Crippen LogP) is 3.01. The molecule has 102 valence electrons. The number of benzene rings is 1. The molecule has 1 N–H and O–H groups in total. The summed E-state index contributed by atoms with van der Waals surface area (Å²) in [7, 11) is 0. The minimum Gasteiger partial charge on any atom is -0.464 e. The van der Waals surface area contributed by atoms with Crippen molar-refractivity contribution in [2.45, 2.75) is 32.4 Å². The zero-order valence-corrected chi connectivity index (χ0v) is 11.6. The fourth-order valence-corrected chi connectivity index (χ4v) is 3.00. The van der Waals surface area contributed by atoms with Gasteiger partial charge in [-0.15, -0.1) is 0 Å². The van der Waals surface area contributed by atoms with Crippen molar-refractivity contribution in [1.29, 1.82) is 0 Å². The normalized spacial score (nSPS) is 19.6. The maximum absolute atomic E-state index is 5.65. The van der Waals surface area contributed by atoms with E-state index in [-0.39, 0.29) is 0 Å². The molecule has 1 aliphatic heterocycles. The first-order chi connectivity index (χ1) is 9.38. The van der Waals surface area contributed by atoms with Crippen molar-refractivity contribution < 1.29 is 4.42 Å². The van der Waals surface area contributed by atoms with E-state index in [2.05, 4.69) is 29.3 Å². The van der Waals surface area contributed by atoms with Crippen molar-refractivity contribution >= 4 is 11.0 Å². The lowest BCUT2D eigenvalue weighted by Crippen LogP contribution is -2.36. The summed E-state index contributed by atoms with van der Waals surface area (Å²) in [6.07, 6.45) is 4.39. The third-order valence-electron chi connectivity index (χ3n) is 4.00. The number of hydrogen-bond acceptors (Lipinski definition) is 3. The van der Waals surface area contributed by atoms with Crippen molar-refractivity contribution in [3.05, 3.63) is 36.1 Å². The monoisotopic (exact) mass is 258 g/mol. The summed E-state index contributed by atoms with van der Waals surface area (Å²) in [5, 5.41) is 4.72. The minimum atomic E-state index is 0.675. The summed E-state index contributed by atoms with van der Waals surface area (Å²) in [5.41, 5.74) is 2.31. The summed E-state index contributed by atoms with van der Waals surface area (Å²) >= 11 is 0. The van der Waals surface area contributed by atoms with Crippen LogP contribution in [0.1, 0.15) is 25.3 Å². The number of furan rings is 1. The van der Waals surface area contributed by atoms with Gasteiger partial charge in [0, 0.05) is 30.1 Å². The SMILES string of the molecule is CCCN(Cc1coc2ccccc12)C1CCNC1. The second kappa shape index (κ2) is 5.76. The van der Waals surface area contributed by atoms with Gasteiger partial charge >= 0.3 is 0 Å². The molecule has 19 heavy (non-hydrogen) atoms. The van der Waals surface area contributed by atoms with Gasteiger partial charge in [-0.1, -0.05) is 25.1 Å². The summed E-state index contributed by atoms with van der Waals surface area (Å²) < 4.78 is 5.65. The molecule has 1 aromatic heterocycles. The second-order valence-electron chi connectivity index (χ2n) is 5.37. The van der Waals surface area contributed by atoms with Crippen LogP contribution in [0.5, 0.6) is 0 Å². The topological polar surface area (TPSA) is 28.4 Å². The molecule has 0 amide bonds. The molecule has 0 spiro atoms. The molecule has 1 aromatic carbocycles. The Bertz CT molecular complexity index is 528. The Kier molecular flexibility index (Phi) is 3.85. The summed E-state index contributed by atoms with van der Waals surface area (Å²) in [6.45, 7) is 6.68. The van der Waals surface area contributed by atoms with Crippen LogP contribution in [0.3, 0.4) is 0 Å². The van der Waals surface area contributed by atoms with Gasteiger partial charge < -0.3 is 9.73 Å². The van der Waals surface area contributed by atoms with Crippen molar-refractivity contribution in [2.24, 2.45) is 0 Å². The lowest BCUT2D eigenvalue weighted by Gasteiger charge is -2.27. The Hall–Kier alpha value is -1.32. The Morgan fingerprint density at radius 3 is 3.05 bits per heavy atom. The van der Waals surface area contributed by atoms with Crippen LogP contribution < -0.4 is 5.32 Å². The molecule has 1 fully saturated rings. The number of para-hydroxylation sites is 1. The van der Waals surface area contributed by atoms with Gasteiger partial charge in [-0.05, 0) is 32.0 Å². The van der Waals surface area contributed by atoms with Crippen molar-refractivity contribution in [2.75, 3.05) is 19.6 Å². The Labute approximate surface area is 114 Å². The Balaban J connectivity index is 1.80. The molecule has 3 heteroatoms. The first-order valence-electron chi connectivity index (χ1n) is 7.28. The van der Waals surface area contributed by atoms with Crippen LogP contribution in [0.4, 0.5) is 0 Å². The summed E-state index contributed by atoms with van der Waals surface area (Å²) in [4.78, 5) is 2.59. The fourth-order valence-electron chi connectivity index (χ4n) is 3.00. The van der Waals surface area contributed by atoms with E-state index in [1.165, 1.54) is 23.8 Å². The van der Waals surface area contributed by atoms with Gasteiger partial charge in [0.1, 0.15) is 5.58 Å². The van der Waals surface area contributed by atoms with Gasteiger partial charge in [0.2, 0.25) is 0 Å². The maximum Gasteiger partial charge on any atom is 0.134 e. The molecule has 3 nitrogen and oxygen atoms in total. The van der Waals surface area contributed by atoms with Crippen LogP contribution in [0.25, 0.3) is 11.0 Å². The van der Waals surface area contributed by atoms with E-state index in [0.717, 1.165) is 31.8 Å². The van der Waals surface area contributed by atoms with E-state index in [0.29, 0.717) is 6.04 Å². The number of fused-ring (bicyclic) bond motifs is 1. The average Bonchev–Trinajstić information content (AvgIpc) is 3.08. The minimum absolute atomic E-state index is 0.675. The average molecular weight is 258 g/mol. The van der Waals surface area contributed by atoms with Crippen LogP contribution in [0, 0.1) is 0 Å². The number of nitrogens with one attached hydrogen (secondary N) is 1. The molecule has 0 radical (unpaired) electrons. The van der Waals surface area contributed by atoms with Gasteiger partial charge in [-0.2, -0.15) is 0 Å². The number of hydrogen-bond donors (Lipinski definition) is 1. The summed E-state index contributed by atoms with van der Waals surface area (Å²) in [6, 6.07) is 8.99. The Morgan fingerprint density at radius 2 is 2.26 bits per heavy atom. The summed E-state index contributed by atoms with van der Waals surface area (Å²) in [5.74, 6) is 0. The molecule has 3 rings (SSSR count). The van der Waals surface area contributed by atoms with E-state index >= 15 is 0 Å². The largest absolute Gasteiger partial charge is 0.464 e. The molecular formula is C16H22N2O. The fraction of sp³-hybridized carbons (Fsp3) is 0.500. The second-order valence-corrected chi connectivity index (χ2v) is 5.37. The number of nitrogens with zero attached hydrogens (tertiary/aromatic N) is 1. The first-order valence-corrected chi connectivity index (χ1v) is 7.28. The van der Waals surface area contributed by atoms with Crippen molar-refractivity contribution in [3.8, 4) is 0 Å². The standard InChI is InChI=1S/C16H22N2O/c1-2-9-18(14-7-8-17-10-14)11-13-12-19-16-6-4-3-5-15(13)16/h3-6,12,14,17H,2,7-11H2,1H3. The van der Waals surface area contributed by atoms with Crippen LogP contribution in [-0.2, 0) is 6.54 Å². The number of rotatable bonds is 5. The molecular weight excluding hydrogens is 236 g/mol. The van der Waals surface area contributed by atoms with Crippen molar-refractivity contribution in [1.82, 2.24) is 10.2 Å². The Morgan fingerprint density at radius 1 is 1.37 bits per heavy atom. The van der Waals surface area contributed by atoms with E-state index in [9.17, 15) is 0 Å². The lowest BCUT2D eigenvalue weighted by atomic mass is 10.1. The van der Waals surface area contributed by atoms with Gasteiger partial charge in [0.05, 0.1) is 6.26 Å². The van der Waals surface area contributed by atoms with E-state index in [1.807, 2.05) is 18.4 Å². The third-order valence-corrected chi connectivity index (χ3v) is 4.00. The van der Waals surface area contributed by atoms with Crippen LogP contribution in [0.15, 0.2) is 34.9 Å². The molecule has 1 atom stereocenters. The molecule has 0 saturated carbocycles. The van der Waals surface area contributed by atoms with Crippen LogP contribution in [-0.4, -0.2) is 30.6 Å². The molecule has 1 aliphatic rings. The van der Waals surface area contributed by atoms with Gasteiger partial charge in [-0.25, -0.2) is 0 Å². The zero-order valence-electron chi connectivity index (χ0n) is 11.6. The van der Waals surface area contributed by atoms with E-state index in [4.69, 9.17) is 4.42 Å². The van der Waals surface area contributed by atoms with E-state index in [1.54, 1.807) is 0 Å². The third kappa shape index (κ3) is 2.67. The maximum atomic E-state index is 5.65. The van der Waals surface area contributed by atoms with Crippen LogP contribution >= 0.6 is 0 Å². The molecule has 0 bridgehead atoms. The highest BCUT2D eigenvalue weighted by atomic mass is 16.3. The van der Waals surface area contributed by atoms with Crippen molar-refractivity contribution in [3.63, 3.8) is 0 Å².